The molecule has 0 saturated heterocycles. The van der Waals surface area contributed by atoms with Crippen LogP contribution < -0.4 is 10.0 Å². The van der Waals surface area contributed by atoms with Gasteiger partial charge in [-0.3, -0.25) is 4.79 Å². The lowest BCUT2D eigenvalue weighted by molar-refractivity contribution is -0.119. The highest BCUT2D eigenvalue weighted by molar-refractivity contribution is 7.89. The summed E-state index contributed by atoms with van der Waals surface area (Å²) in [6.07, 6.45) is 1.45. The first kappa shape index (κ1) is 26.2. The number of ether oxygens (including phenoxy) is 1. The van der Waals surface area contributed by atoms with E-state index in [0.717, 1.165) is 16.8 Å². The molecule has 0 radical (unpaired) electrons. The molecule has 35 heavy (non-hydrogen) atoms. The van der Waals surface area contributed by atoms with E-state index < -0.39 is 28.5 Å². The van der Waals surface area contributed by atoms with E-state index in [9.17, 15) is 18.0 Å². The molecule has 3 rings (SSSR count). The van der Waals surface area contributed by atoms with E-state index in [1.54, 1.807) is 12.1 Å². The lowest BCUT2D eigenvalue weighted by Crippen LogP contribution is -2.23. The van der Waals surface area contributed by atoms with Crippen molar-refractivity contribution >= 4 is 27.6 Å². The Morgan fingerprint density at radius 3 is 2.09 bits per heavy atom. The number of carbonyl (C=O) groups is 2. The SMILES string of the molecule is CC(C)c1cccc(C(C)C)c1NC(=O)COC(=O)c1ccc(S(=O)(=O)NCc2ccco2)cc1. The quantitative estimate of drug-likeness (QED) is 0.388. The van der Waals surface area contributed by atoms with Crippen molar-refractivity contribution < 1.29 is 27.2 Å². The van der Waals surface area contributed by atoms with Gasteiger partial charge in [0, 0.05) is 5.69 Å². The number of hydrogen-bond donors (Lipinski definition) is 2. The van der Waals surface area contributed by atoms with Crippen LogP contribution in [0.1, 0.15) is 66.8 Å². The zero-order valence-corrected chi connectivity index (χ0v) is 21.0. The molecule has 0 aliphatic carbocycles. The molecule has 0 fully saturated rings. The van der Waals surface area contributed by atoms with E-state index in [-0.39, 0.29) is 28.8 Å². The fourth-order valence-electron chi connectivity index (χ4n) is 3.52. The third kappa shape index (κ3) is 6.80. The van der Waals surface area contributed by atoms with Gasteiger partial charge in [0.2, 0.25) is 10.0 Å². The molecule has 1 amide bonds. The van der Waals surface area contributed by atoms with Crippen molar-refractivity contribution in [3.05, 3.63) is 83.3 Å². The average molecular weight is 499 g/mol. The summed E-state index contributed by atoms with van der Waals surface area (Å²) in [4.78, 5) is 25.0. The van der Waals surface area contributed by atoms with Gasteiger partial charge in [0.15, 0.2) is 6.61 Å². The molecule has 0 spiro atoms. The third-order valence-corrected chi connectivity index (χ3v) is 6.81. The second-order valence-corrected chi connectivity index (χ2v) is 10.4. The minimum Gasteiger partial charge on any atom is -0.468 e. The number of rotatable bonds is 10. The second kappa shape index (κ2) is 11.3. The molecule has 0 bridgehead atoms. The molecule has 3 aromatic rings. The molecule has 0 aliphatic heterocycles. The normalized spacial score (nSPS) is 11.6. The summed E-state index contributed by atoms with van der Waals surface area (Å²) in [5.41, 5.74) is 2.89. The Balaban J connectivity index is 1.60. The van der Waals surface area contributed by atoms with Gasteiger partial charge in [-0.05, 0) is 59.4 Å². The molecule has 8 nitrogen and oxygen atoms in total. The van der Waals surface area contributed by atoms with Crippen LogP contribution in [0.15, 0.2) is 70.2 Å². The number of carbonyl (C=O) groups excluding carboxylic acids is 2. The van der Waals surface area contributed by atoms with Crippen molar-refractivity contribution in [2.45, 2.75) is 51.0 Å². The van der Waals surface area contributed by atoms with Gasteiger partial charge in [-0.15, -0.1) is 0 Å². The summed E-state index contributed by atoms with van der Waals surface area (Å²) >= 11 is 0. The van der Waals surface area contributed by atoms with Crippen LogP contribution in [-0.2, 0) is 26.1 Å². The maximum atomic E-state index is 12.6. The van der Waals surface area contributed by atoms with Crippen molar-refractivity contribution in [3.8, 4) is 0 Å². The highest BCUT2D eigenvalue weighted by Crippen LogP contribution is 2.32. The van der Waals surface area contributed by atoms with Crippen LogP contribution in [0, 0.1) is 0 Å². The van der Waals surface area contributed by atoms with Gasteiger partial charge < -0.3 is 14.5 Å². The number of furan rings is 1. The minimum atomic E-state index is -3.79. The predicted molar refractivity (Wildman–Crippen MR) is 133 cm³/mol. The lowest BCUT2D eigenvalue weighted by atomic mass is 9.92. The lowest BCUT2D eigenvalue weighted by Gasteiger charge is -2.20. The van der Waals surface area contributed by atoms with Gasteiger partial charge in [0.25, 0.3) is 5.91 Å². The minimum absolute atomic E-state index is 0.00665. The number of hydrogen-bond acceptors (Lipinski definition) is 6. The molecule has 0 aliphatic rings. The molecule has 0 saturated carbocycles. The molecular weight excluding hydrogens is 468 g/mol. The van der Waals surface area contributed by atoms with E-state index in [2.05, 4.69) is 10.0 Å². The van der Waals surface area contributed by atoms with E-state index in [0.29, 0.717) is 5.76 Å². The predicted octanol–water partition coefficient (Wildman–Crippen LogP) is 4.80. The van der Waals surface area contributed by atoms with Crippen LogP contribution in [0.4, 0.5) is 5.69 Å². The molecule has 1 aromatic heterocycles. The van der Waals surface area contributed by atoms with Crippen LogP contribution in [0.2, 0.25) is 0 Å². The summed E-state index contributed by atoms with van der Waals surface area (Å²) in [5.74, 6) is -0.294. The molecule has 1 heterocycles. The van der Waals surface area contributed by atoms with Gasteiger partial charge in [0.05, 0.1) is 23.3 Å². The monoisotopic (exact) mass is 498 g/mol. The second-order valence-electron chi connectivity index (χ2n) is 8.67. The van der Waals surface area contributed by atoms with Gasteiger partial charge in [-0.25, -0.2) is 17.9 Å². The van der Waals surface area contributed by atoms with Crippen molar-refractivity contribution in [1.29, 1.82) is 0 Å². The average Bonchev–Trinajstić information content (AvgIpc) is 3.35. The molecule has 186 valence electrons. The number of amides is 1. The number of sulfonamides is 1. The first-order valence-corrected chi connectivity index (χ1v) is 12.8. The largest absolute Gasteiger partial charge is 0.468 e. The molecule has 0 atom stereocenters. The van der Waals surface area contributed by atoms with Crippen LogP contribution in [-0.4, -0.2) is 26.9 Å². The summed E-state index contributed by atoms with van der Waals surface area (Å²) in [7, 11) is -3.79. The Kier molecular flexibility index (Phi) is 8.48. The fraction of sp³-hybridized carbons (Fsp3) is 0.308. The maximum absolute atomic E-state index is 12.6. The Bertz CT molecular complexity index is 1240. The van der Waals surface area contributed by atoms with E-state index in [4.69, 9.17) is 9.15 Å². The Morgan fingerprint density at radius 2 is 1.54 bits per heavy atom. The molecule has 9 heteroatoms. The van der Waals surface area contributed by atoms with E-state index in [1.807, 2.05) is 45.9 Å². The van der Waals surface area contributed by atoms with E-state index >= 15 is 0 Å². The number of anilines is 1. The van der Waals surface area contributed by atoms with Crippen molar-refractivity contribution in [3.63, 3.8) is 0 Å². The third-order valence-electron chi connectivity index (χ3n) is 5.39. The number of benzene rings is 2. The molecule has 0 unspecified atom stereocenters. The summed E-state index contributed by atoms with van der Waals surface area (Å²) in [6.45, 7) is 7.73. The Hall–Kier alpha value is -3.43. The molecule has 2 N–H and O–H groups in total. The highest BCUT2D eigenvalue weighted by atomic mass is 32.2. The number of nitrogens with one attached hydrogen (secondary N) is 2. The smallest absolute Gasteiger partial charge is 0.338 e. The number of para-hydroxylation sites is 1. The summed E-state index contributed by atoms with van der Waals surface area (Å²) in [5, 5.41) is 2.89. The summed E-state index contributed by atoms with van der Waals surface area (Å²) in [6, 6.07) is 14.5. The molecule has 2 aromatic carbocycles. The van der Waals surface area contributed by atoms with Gasteiger partial charge >= 0.3 is 5.97 Å². The van der Waals surface area contributed by atoms with Crippen molar-refractivity contribution in [1.82, 2.24) is 4.72 Å². The van der Waals surface area contributed by atoms with Gasteiger partial charge in [0.1, 0.15) is 5.76 Å². The Morgan fingerprint density at radius 1 is 0.914 bits per heavy atom. The van der Waals surface area contributed by atoms with Crippen LogP contribution in [0.3, 0.4) is 0 Å². The fourth-order valence-corrected chi connectivity index (χ4v) is 4.51. The van der Waals surface area contributed by atoms with Crippen LogP contribution >= 0.6 is 0 Å². The zero-order chi connectivity index (χ0) is 25.6. The number of esters is 1. The van der Waals surface area contributed by atoms with Crippen LogP contribution in [0.5, 0.6) is 0 Å². The molecular formula is C26H30N2O6S. The van der Waals surface area contributed by atoms with Gasteiger partial charge in [-0.1, -0.05) is 45.9 Å². The summed E-state index contributed by atoms with van der Waals surface area (Å²) < 4.78 is 37.5. The van der Waals surface area contributed by atoms with E-state index in [1.165, 1.54) is 30.5 Å². The first-order chi connectivity index (χ1) is 16.6. The topological polar surface area (TPSA) is 115 Å². The standard InChI is InChI=1S/C26H30N2O6S/c1-17(2)22-8-5-9-23(18(3)4)25(22)28-24(29)16-34-26(30)19-10-12-21(13-11-19)35(31,32)27-15-20-7-6-14-33-20/h5-14,17-18,27H,15-16H2,1-4H3,(H,28,29). The van der Waals surface area contributed by atoms with Crippen LogP contribution in [0.25, 0.3) is 0 Å². The van der Waals surface area contributed by atoms with Crippen molar-refractivity contribution in [2.75, 3.05) is 11.9 Å². The van der Waals surface area contributed by atoms with Gasteiger partial charge in [-0.2, -0.15) is 0 Å². The maximum Gasteiger partial charge on any atom is 0.338 e. The van der Waals surface area contributed by atoms with Crippen molar-refractivity contribution in [2.24, 2.45) is 0 Å². The highest BCUT2D eigenvalue weighted by Gasteiger charge is 2.19. The zero-order valence-electron chi connectivity index (χ0n) is 20.2. The first-order valence-electron chi connectivity index (χ1n) is 11.3. The Labute approximate surface area is 205 Å².